The zero-order valence-electron chi connectivity index (χ0n) is 15.0. The number of aryl methyl sites for hydroxylation is 1. The summed E-state index contributed by atoms with van der Waals surface area (Å²) in [6.45, 7) is 12.9. The average Bonchev–Trinajstić information content (AvgIpc) is 2.43. The lowest BCUT2D eigenvalue weighted by Gasteiger charge is -2.19. The summed E-state index contributed by atoms with van der Waals surface area (Å²) in [5.74, 6) is 1.70. The first kappa shape index (κ1) is 19.0. The van der Waals surface area contributed by atoms with Crippen LogP contribution in [0, 0.1) is 12.5 Å². The maximum Gasteiger partial charge on any atom is 0.161 e. The van der Waals surface area contributed by atoms with Gasteiger partial charge in [0.2, 0.25) is 0 Å². The molecule has 0 saturated heterocycles. The van der Waals surface area contributed by atoms with Gasteiger partial charge in [0, 0.05) is 0 Å². The van der Waals surface area contributed by atoms with Crippen LogP contribution < -0.4 is 4.74 Å². The first-order valence-electron chi connectivity index (χ1n) is 8.58. The molecule has 0 heterocycles. The lowest BCUT2D eigenvalue weighted by molar-refractivity contribution is -0.00200. The molecule has 1 aromatic carbocycles. The van der Waals surface area contributed by atoms with Crippen LogP contribution in [0.1, 0.15) is 65.9 Å². The van der Waals surface area contributed by atoms with Crippen LogP contribution in [-0.4, -0.2) is 12.2 Å². The van der Waals surface area contributed by atoms with E-state index in [9.17, 15) is 0 Å². The van der Waals surface area contributed by atoms with Gasteiger partial charge < -0.3 is 9.47 Å². The molecule has 0 N–H and O–H groups in total. The van der Waals surface area contributed by atoms with E-state index in [1.54, 1.807) is 6.61 Å². The van der Waals surface area contributed by atoms with E-state index in [2.05, 4.69) is 26.0 Å². The Hall–Kier alpha value is -1.02. The summed E-state index contributed by atoms with van der Waals surface area (Å²) in [6.07, 6.45) is 6.46. The monoisotopic (exact) mass is 305 g/mol. The third kappa shape index (κ3) is 9.83. The number of unbranched alkanes of at least 4 members (excludes halogenated alkanes) is 2. The Labute approximate surface area is 137 Å². The molecular formula is C20H33O2. The number of benzene rings is 1. The Morgan fingerprint density at radius 1 is 1.00 bits per heavy atom. The average molecular weight is 305 g/mol. The molecule has 0 aliphatic heterocycles. The molecule has 0 saturated carbocycles. The fraction of sp³-hybridized carbons (Fsp3) is 0.650. The highest BCUT2D eigenvalue weighted by Crippen LogP contribution is 2.16. The molecule has 125 valence electrons. The molecule has 0 fully saturated rings. The van der Waals surface area contributed by atoms with E-state index in [-0.39, 0.29) is 5.60 Å². The molecule has 0 unspecified atom stereocenters. The van der Waals surface area contributed by atoms with E-state index in [1.165, 1.54) is 31.2 Å². The summed E-state index contributed by atoms with van der Waals surface area (Å²) in [4.78, 5) is 0. The maximum atomic E-state index is 5.59. The summed E-state index contributed by atoms with van der Waals surface area (Å²) in [6, 6.07) is 8.40. The van der Waals surface area contributed by atoms with Crippen LogP contribution in [0.15, 0.2) is 24.3 Å². The van der Waals surface area contributed by atoms with Gasteiger partial charge in [-0.15, -0.1) is 0 Å². The van der Waals surface area contributed by atoms with Crippen molar-refractivity contribution < 1.29 is 9.47 Å². The zero-order valence-corrected chi connectivity index (χ0v) is 15.0. The van der Waals surface area contributed by atoms with Crippen molar-refractivity contribution in [2.75, 3.05) is 6.61 Å². The number of hydrogen-bond acceptors (Lipinski definition) is 2. The second kappa shape index (κ2) is 9.89. The van der Waals surface area contributed by atoms with Crippen molar-refractivity contribution in [3.8, 4) is 5.75 Å². The summed E-state index contributed by atoms with van der Waals surface area (Å²) in [7, 11) is 0. The highest BCUT2D eigenvalue weighted by Gasteiger charge is 2.09. The quantitative estimate of drug-likeness (QED) is 0.508. The molecule has 0 amide bonds. The Morgan fingerprint density at radius 2 is 1.68 bits per heavy atom. The Morgan fingerprint density at radius 3 is 2.27 bits per heavy atom. The highest BCUT2D eigenvalue weighted by atomic mass is 16.5. The Kier molecular flexibility index (Phi) is 8.55. The van der Waals surface area contributed by atoms with Crippen molar-refractivity contribution in [2.24, 2.45) is 5.92 Å². The van der Waals surface area contributed by atoms with Gasteiger partial charge in [0.25, 0.3) is 0 Å². The molecule has 1 aromatic rings. The van der Waals surface area contributed by atoms with E-state index in [0.717, 1.165) is 18.1 Å². The van der Waals surface area contributed by atoms with Crippen LogP contribution in [0.2, 0.25) is 0 Å². The van der Waals surface area contributed by atoms with Gasteiger partial charge in [0.1, 0.15) is 5.75 Å². The van der Waals surface area contributed by atoms with Crippen molar-refractivity contribution >= 4 is 0 Å². The minimum atomic E-state index is -0.126. The first-order valence-corrected chi connectivity index (χ1v) is 8.58. The van der Waals surface area contributed by atoms with Crippen LogP contribution in [0.3, 0.4) is 0 Å². The summed E-state index contributed by atoms with van der Waals surface area (Å²) in [5, 5.41) is 0. The smallest absolute Gasteiger partial charge is 0.161 e. The molecule has 1 radical (unpaired) electrons. The van der Waals surface area contributed by atoms with Crippen molar-refractivity contribution in [2.45, 2.75) is 72.3 Å². The van der Waals surface area contributed by atoms with Gasteiger partial charge in [0.05, 0.1) is 12.2 Å². The molecule has 0 atom stereocenters. The second-order valence-corrected chi connectivity index (χ2v) is 7.35. The van der Waals surface area contributed by atoms with Crippen LogP contribution in [-0.2, 0) is 11.2 Å². The van der Waals surface area contributed by atoms with Crippen molar-refractivity contribution in [1.82, 2.24) is 0 Å². The third-order valence-electron chi connectivity index (χ3n) is 3.47. The van der Waals surface area contributed by atoms with E-state index in [4.69, 9.17) is 9.47 Å². The van der Waals surface area contributed by atoms with E-state index in [1.807, 2.05) is 32.9 Å². The second-order valence-electron chi connectivity index (χ2n) is 7.35. The molecule has 0 spiro atoms. The SMILES string of the molecule is CC(C)CCCCCc1ccc(O[CH]COC(C)(C)C)cc1. The number of rotatable bonds is 10. The lowest BCUT2D eigenvalue weighted by Crippen LogP contribution is -2.20. The summed E-state index contributed by atoms with van der Waals surface area (Å²) < 4.78 is 11.2. The number of ether oxygens (including phenoxy) is 2. The minimum absolute atomic E-state index is 0.126. The zero-order chi connectivity index (χ0) is 16.4. The molecule has 2 heteroatoms. The standard InChI is InChI=1S/C20H33O2/c1-17(2)9-7-6-8-10-18-11-13-19(14-12-18)21-15-16-22-20(3,4)5/h11-15,17H,6-10,16H2,1-5H3. The van der Waals surface area contributed by atoms with E-state index in [0.29, 0.717) is 6.61 Å². The van der Waals surface area contributed by atoms with Gasteiger partial charge in [-0.2, -0.15) is 0 Å². The van der Waals surface area contributed by atoms with Gasteiger partial charge in [-0.3, -0.25) is 0 Å². The topological polar surface area (TPSA) is 18.5 Å². The summed E-state index contributed by atoms with van der Waals surface area (Å²) >= 11 is 0. The molecule has 2 nitrogen and oxygen atoms in total. The molecule has 0 aliphatic rings. The largest absolute Gasteiger partial charge is 0.484 e. The highest BCUT2D eigenvalue weighted by molar-refractivity contribution is 5.27. The van der Waals surface area contributed by atoms with Crippen molar-refractivity contribution in [1.29, 1.82) is 0 Å². The van der Waals surface area contributed by atoms with Gasteiger partial charge >= 0.3 is 0 Å². The molecule has 0 aliphatic carbocycles. The van der Waals surface area contributed by atoms with Gasteiger partial charge in [-0.1, -0.05) is 45.2 Å². The summed E-state index contributed by atoms with van der Waals surface area (Å²) in [5.41, 5.74) is 1.27. The predicted molar refractivity (Wildman–Crippen MR) is 94.1 cm³/mol. The number of hydrogen-bond donors (Lipinski definition) is 0. The van der Waals surface area contributed by atoms with Crippen LogP contribution >= 0.6 is 0 Å². The van der Waals surface area contributed by atoms with E-state index < -0.39 is 0 Å². The molecule has 0 bridgehead atoms. The normalized spacial score (nSPS) is 11.9. The van der Waals surface area contributed by atoms with E-state index >= 15 is 0 Å². The van der Waals surface area contributed by atoms with Gasteiger partial charge in [-0.25, -0.2) is 0 Å². The lowest BCUT2D eigenvalue weighted by atomic mass is 10.0. The maximum absolute atomic E-state index is 5.59. The van der Waals surface area contributed by atoms with Crippen LogP contribution in [0.4, 0.5) is 0 Å². The van der Waals surface area contributed by atoms with Crippen molar-refractivity contribution in [3.05, 3.63) is 36.4 Å². The molecular weight excluding hydrogens is 272 g/mol. The van der Waals surface area contributed by atoms with Gasteiger partial charge in [-0.05, 0) is 57.2 Å². The molecule has 22 heavy (non-hydrogen) atoms. The minimum Gasteiger partial charge on any atom is -0.484 e. The first-order chi connectivity index (χ1) is 10.4. The fourth-order valence-electron chi connectivity index (χ4n) is 2.21. The predicted octanol–water partition coefficient (Wildman–Crippen LogP) is 5.80. The van der Waals surface area contributed by atoms with Gasteiger partial charge in [0.15, 0.2) is 6.61 Å². The molecule has 0 aromatic heterocycles. The fourth-order valence-corrected chi connectivity index (χ4v) is 2.21. The van der Waals surface area contributed by atoms with Crippen LogP contribution in [0.5, 0.6) is 5.75 Å². The van der Waals surface area contributed by atoms with Crippen LogP contribution in [0.25, 0.3) is 0 Å². The Bertz CT molecular complexity index is 387. The third-order valence-corrected chi connectivity index (χ3v) is 3.47. The molecule has 1 rings (SSSR count). The Balaban J connectivity index is 2.17. The van der Waals surface area contributed by atoms with Crippen molar-refractivity contribution in [3.63, 3.8) is 0 Å².